The molecule has 3 aliphatic heterocycles. The molecule has 7 atom stereocenters. The number of nitrogens with zero attached hydrogens (tertiary/aromatic N) is 2. The standard InChI is InChI=1S/C32H44N2O5S/c1-8-10-15-39-31(38)25-24-17-22(7)32(40-24)26(25)29(36)34(23(18-35)16-19(3)4)28(32)30(37)33(14-9-2)27-20(5)12-11-13-21(27)6/h8-9,11-13,19,22-26,28,35H,1-2,10,14-18H2,3-7H3/t22?,23-,24-,25+,26+,28?,32?/m1/s1. The van der Waals surface area contributed by atoms with Crippen LogP contribution in [0.2, 0.25) is 0 Å². The van der Waals surface area contributed by atoms with Gasteiger partial charge in [0.15, 0.2) is 0 Å². The lowest BCUT2D eigenvalue weighted by molar-refractivity contribution is -0.155. The number of esters is 1. The number of amides is 2. The van der Waals surface area contributed by atoms with Crippen LogP contribution in [0, 0.1) is 37.5 Å². The summed E-state index contributed by atoms with van der Waals surface area (Å²) < 4.78 is 4.83. The summed E-state index contributed by atoms with van der Waals surface area (Å²) in [6.45, 7) is 18.0. The number of aliphatic hydroxyl groups excluding tert-OH is 1. The molecule has 8 heteroatoms. The normalized spacial score (nSPS) is 29.4. The molecule has 1 N–H and O–H groups in total. The molecular weight excluding hydrogens is 524 g/mol. The highest BCUT2D eigenvalue weighted by Crippen LogP contribution is 2.69. The van der Waals surface area contributed by atoms with Crippen LogP contribution in [-0.2, 0) is 19.1 Å². The number of aliphatic hydroxyl groups is 1. The predicted molar refractivity (Wildman–Crippen MR) is 160 cm³/mol. The van der Waals surface area contributed by atoms with E-state index < -0.39 is 28.7 Å². The number of thioether (sulfide) groups is 1. The predicted octanol–water partition coefficient (Wildman–Crippen LogP) is 4.69. The Labute approximate surface area is 243 Å². The fraction of sp³-hybridized carbons (Fsp3) is 0.594. The smallest absolute Gasteiger partial charge is 0.310 e. The minimum Gasteiger partial charge on any atom is -0.465 e. The summed E-state index contributed by atoms with van der Waals surface area (Å²) in [5.41, 5.74) is 2.73. The van der Waals surface area contributed by atoms with Crippen LogP contribution >= 0.6 is 11.8 Å². The number of carbonyl (C=O) groups is 3. The minimum atomic E-state index is -0.823. The summed E-state index contributed by atoms with van der Waals surface area (Å²) in [5, 5.41) is 10.5. The van der Waals surface area contributed by atoms with Crippen molar-refractivity contribution in [2.45, 2.75) is 76.0 Å². The van der Waals surface area contributed by atoms with Gasteiger partial charge in [-0.2, -0.15) is 0 Å². The van der Waals surface area contributed by atoms with Crippen molar-refractivity contribution in [1.29, 1.82) is 0 Å². The summed E-state index contributed by atoms with van der Waals surface area (Å²) in [6, 6.07) is 4.57. The maximum Gasteiger partial charge on any atom is 0.310 e. The molecule has 0 radical (unpaired) electrons. The molecule has 3 unspecified atom stereocenters. The lowest BCUT2D eigenvalue weighted by Crippen LogP contribution is -2.59. The van der Waals surface area contributed by atoms with Gasteiger partial charge in [-0.3, -0.25) is 14.4 Å². The first-order valence-electron chi connectivity index (χ1n) is 14.4. The Hall–Kier alpha value is -2.58. The number of fused-ring (bicyclic) bond motifs is 1. The van der Waals surface area contributed by atoms with E-state index in [1.807, 2.05) is 45.9 Å². The van der Waals surface area contributed by atoms with Gasteiger partial charge in [0.25, 0.3) is 5.91 Å². The average molecular weight is 569 g/mol. The van der Waals surface area contributed by atoms with Crippen LogP contribution in [0.15, 0.2) is 43.5 Å². The Morgan fingerprint density at radius 2 is 1.93 bits per heavy atom. The quantitative estimate of drug-likeness (QED) is 0.224. The number of anilines is 1. The highest BCUT2D eigenvalue weighted by atomic mass is 32.2. The maximum atomic E-state index is 14.9. The fourth-order valence-corrected chi connectivity index (χ4v) is 9.75. The van der Waals surface area contributed by atoms with Gasteiger partial charge < -0.3 is 19.6 Å². The molecule has 0 aliphatic carbocycles. The molecular formula is C32H44N2O5S. The third-order valence-electron chi connectivity index (χ3n) is 8.89. The Morgan fingerprint density at radius 1 is 1.25 bits per heavy atom. The molecule has 1 aromatic rings. The number of para-hydroxylation sites is 1. The fourth-order valence-electron chi connectivity index (χ4n) is 7.36. The third kappa shape index (κ3) is 4.91. The van der Waals surface area contributed by atoms with Crippen LogP contribution in [0.25, 0.3) is 0 Å². The molecule has 3 fully saturated rings. The van der Waals surface area contributed by atoms with Crippen molar-refractivity contribution in [3.05, 3.63) is 54.6 Å². The number of likely N-dealkylation sites (tertiary alicyclic amines) is 1. The molecule has 0 saturated carbocycles. The van der Waals surface area contributed by atoms with Gasteiger partial charge in [-0.15, -0.1) is 24.9 Å². The summed E-state index contributed by atoms with van der Waals surface area (Å²) in [4.78, 5) is 46.3. The van der Waals surface area contributed by atoms with Crippen LogP contribution < -0.4 is 4.90 Å². The van der Waals surface area contributed by atoms with Crippen LogP contribution in [0.1, 0.15) is 51.2 Å². The second-order valence-electron chi connectivity index (χ2n) is 12.0. The van der Waals surface area contributed by atoms with E-state index in [-0.39, 0.29) is 54.6 Å². The van der Waals surface area contributed by atoms with Crippen molar-refractivity contribution in [2.24, 2.45) is 23.7 Å². The third-order valence-corrected chi connectivity index (χ3v) is 11.0. The van der Waals surface area contributed by atoms with Crippen LogP contribution in [0.3, 0.4) is 0 Å². The van der Waals surface area contributed by atoms with Crippen LogP contribution in [-0.4, -0.2) is 69.6 Å². The number of rotatable bonds is 12. The van der Waals surface area contributed by atoms with E-state index in [2.05, 4.69) is 20.1 Å². The van der Waals surface area contributed by atoms with Crippen molar-refractivity contribution >= 4 is 35.2 Å². The van der Waals surface area contributed by atoms with Crippen molar-refractivity contribution in [3.63, 3.8) is 0 Å². The van der Waals surface area contributed by atoms with E-state index in [0.29, 0.717) is 12.8 Å². The lowest BCUT2D eigenvalue weighted by atomic mass is 9.66. The first-order chi connectivity index (χ1) is 19.0. The average Bonchev–Trinajstić information content (AvgIpc) is 3.50. The summed E-state index contributed by atoms with van der Waals surface area (Å²) in [6.07, 6.45) is 5.23. The molecule has 40 heavy (non-hydrogen) atoms. The highest BCUT2D eigenvalue weighted by Gasteiger charge is 2.77. The molecule has 1 spiro atoms. The zero-order valence-corrected chi connectivity index (χ0v) is 25.3. The van der Waals surface area contributed by atoms with E-state index in [0.717, 1.165) is 23.2 Å². The molecule has 0 aromatic heterocycles. The molecule has 1 aromatic carbocycles. The number of hydrogen-bond donors (Lipinski definition) is 1. The Balaban J connectivity index is 1.86. The Morgan fingerprint density at radius 3 is 2.50 bits per heavy atom. The van der Waals surface area contributed by atoms with Gasteiger partial charge in [0.05, 0.1) is 35.8 Å². The number of benzene rings is 1. The molecule has 218 valence electrons. The minimum absolute atomic E-state index is 0.0227. The monoisotopic (exact) mass is 568 g/mol. The van der Waals surface area contributed by atoms with Gasteiger partial charge in [-0.1, -0.05) is 51.1 Å². The van der Waals surface area contributed by atoms with Crippen LogP contribution in [0.4, 0.5) is 5.69 Å². The van der Waals surface area contributed by atoms with Crippen LogP contribution in [0.5, 0.6) is 0 Å². The zero-order valence-electron chi connectivity index (χ0n) is 24.5. The molecule has 4 rings (SSSR count). The van der Waals surface area contributed by atoms with E-state index in [9.17, 15) is 19.5 Å². The number of ether oxygens (including phenoxy) is 1. The van der Waals surface area contributed by atoms with Gasteiger partial charge in [0.1, 0.15) is 6.04 Å². The molecule has 3 heterocycles. The van der Waals surface area contributed by atoms with Crippen molar-refractivity contribution in [1.82, 2.24) is 4.90 Å². The Bertz CT molecular complexity index is 1150. The first-order valence-corrected chi connectivity index (χ1v) is 15.3. The number of aryl methyl sites for hydroxylation is 2. The molecule has 2 bridgehead atoms. The van der Waals surface area contributed by atoms with E-state index in [1.165, 1.54) is 0 Å². The van der Waals surface area contributed by atoms with Gasteiger partial charge in [-0.25, -0.2) is 0 Å². The van der Waals surface area contributed by atoms with E-state index in [1.54, 1.807) is 33.7 Å². The lowest BCUT2D eigenvalue weighted by Gasteiger charge is -2.42. The van der Waals surface area contributed by atoms with Gasteiger partial charge in [-0.05, 0) is 56.1 Å². The van der Waals surface area contributed by atoms with Gasteiger partial charge >= 0.3 is 5.97 Å². The topological polar surface area (TPSA) is 87.1 Å². The van der Waals surface area contributed by atoms with Crippen molar-refractivity contribution in [3.8, 4) is 0 Å². The summed E-state index contributed by atoms with van der Waals surface area (Å²) in [5.74, 6) is -1.85. The summed E-state index contributed by atoms with van der Waals surface area (Å²) >= 11 is 1.62. The first kappa shape index (κ1) is 30.4. The molecule has 2 amide bonds. The van der Waals surface area contributed by atoms with E-state index in [4.69, 9.17) is 4.74 Å². The number of hydrogen-bond acceptors (Lipinski definition) is 6. The molecule has 3 saturated heterocycles. The summed E-state index contributed by atoms with van der Waals surface area (Å²) in [7, 11) is 0. The SMILES string of the molecule is C=CCCOC(=O)[C@@H]1[C@H]2C(=O)N([C@@H](CO)CC(C)C)C(C(=O)N(CC=C)c3c(C)cccc3C)C23S[C@@H]1CC3C. The Kier molecular flexibility index (Phi) is 9.20. The van der Waals surface area contributed by atoms with Crippen molar-refractivity contribution in [2.75, 3.05) is 24.7 Å². The van der Waals surface area contributed by atoms with Gasteiger partial charge in [0, 0.05) is 17.5 Å². The maximum absolute atomic E-state index is 14.9. The zero-order chi connectivity index (χ0) is 29.4. The molecule has 7 nitrogen and oxygen atoms in total. The largest absolute Gasteiger partial charge is 0.465 e. The second-order valence-corrected chi connectivity index (χ2v) is 13.5. The van der Waals surface area contributed by atoms with E-state index >= 15 is 0 Å². The highest BCUT2D eigenvalue weighted by molar-refractivity contribution is 8.02. The molecule has 3 aliphatic rings. The number of carbonyl (C=O) groups excluding carboxylic acids is 3. The second kappa shape index (κ2) is 12.1. The van der Waals surface area contributed by atoms with Gasteiger partial charge in [0.2, 0.25) is 5.91 Å². The van der Waals surface area contributed by atoms with Crippen molar-refractivity contribution < 1.29 is 24.2 Å².